The normalized spacial score (nSPS) is 10.9. The van der Waals surface area contributed by atoms with Crippen LogP contribution in [-0.2, 0) is 6.54 Å². The van der Waals surface area contributed by atoms with Crippen molar-refractivity contribution < 1.29 is 4.74 Å². The average Bonchev–Trinajstić information content (AvgIpc) is 2.43. The van der Waals surface area contributed by atoms with Crippen LogP contribution in [0.4, 0.5) is 0 Å². The van der Waals surface area contributed by atoms with E-state index in [1.54, 1.807) is 0 Å². The molecule has 0 heterocycles. The molecule has 1 N–H and O–H groups in total. The molecule has 0 aliphatic rings. The molecule has 0 aromatic heterocycles. The SMILES string of the molecule is CC(C)CNCc1ccc(Oc2ccc(Cl)cc2)cc1Br. The van der Waals surface area contributed by atoms with Gasteiger partial charge in [-0.25, -0.2) is 0 Å². The van der Waals surface area contributed by atoms with Gasteiger partial charge in [-0.1, -0.05) is 47.4 Å². The van der Waals surface area contributed by atoms with E-state index in [1.807, 2.05) is 36.4 Å². The number of benzene rings is 2. The Balaban J connectivity index is 1.99. The number of hydrogen-bond acceptors (Lipinski definition) is 2. The Kier molecular flexibility index (Phi) is 6.09. The summed E-state index contributed by atoms with van der Waals surface area (Å²) in [5.74, 6) is 2.23. The Morgan fingerprint density at radius 1 is 1.10 bits per heavy atom. The molecule has 0 fully saturated rings. The van der Waals surface area contributed by atoms with Gasteiger partial charge >= 0.3 is 0 Å². The number of hydrogen-bond donors (Lipinski definition) is 1. The predicted molar refractivity (Wildman–Crippen MR) is 92.2 cm³/mol. The maximum Gasteiger partial charge on any atom is 0.128 e. The summed E-state index contributed by atoms with van der Waals surface area (Å²) in [5, 5.41) is 4.14. The Morgan fingerprint density at radius 3 is 2.38 bits per heavy atom. The van der Waals surface area contributed by atoms with Gasteiger partial charge < -0.3 is 10.1 Å². The molecule has 0 amide bonds. The van der Waals surface area contributed by atoms with Crippen molar-refractivity contribution in [2.45, 2.75) is 20.4 Å². The first-order valence-corrected chi connectivity index (χ1v) is 8.14. The van der Waals surface area contributed by atoms with Crippen LogP contribution < -0.4 is 10.1 Å². The molecule has 0 unspecified atom stereocenters. The zero-order chi connectivity index (χ0) is 15.2. The molecule has 2 aromatic rings. The zero-order valence-corrected chi connectivity index (χ0v) is 14.5. The Bertz CT molecular complexity index is 584. The zero-order valence-electron chi connectivity index (χ0n) is 12.2. The van der Waals surface area contributed by atoms with E-state index in [9.17, 15) is 0 Å². The van der Waals surface area contributed by atoms with Crippen LogP contribution in [0.15, 0.2) is 46.9 Å². The summed E-state index contributed by atoms with van der Waals surface area (Å²) in [6.07, 6.45) is 0. The van der Waals surface area contributed by atoms with E-state index in [-0.39, 0.29) is 0 Å². The van der Waals surface area contributed by atoms with E-state index in [0.717, 1.165) is 29.1 Å². The standard InChI is InChI=1S/C17H19BrClNO/c1-12(2)10-20-11-13-3-6-16(9-17(13)18)21-15-7-4-14(19)5-8-15/h3-9,12,20H,10-11H2,1-2H3. The smallest absolute Gasteiger partial charge is 0.128 e. The van der Waals surface area contributed by atoms with Gasteiger partial charge in [0.15, 0.2) is 0 Å². The summed E-state index contributed by atoms with van der Waals surface area (Å²) in [7, 11) is 0. The lowest BCUT2D eigenvalue weighted by Gasteiger charge is -2.11. The largest absolute Gasteiger partial charge is 0.457 e. The van der Waals surface area contributed by atoms with E-state index in [0.29, 0.717) is 10.9 Å². The second kappa shape index (κ2) is 7.83. The fourth-order valence-corrected chi connectivity index (χ4v) is 2.49. The number of nitrogens with one attached hydrogen (secondary N) is 1. The number of halogens is 2. The van der Waals surface area contributed by atoms with Crippen molar-refractivity contribution in [3.8, 4) is 11.5 Å². The van der Waals surface area contributed by atoms with Gasteiger partial charge in [-0.2, -0.15) is 0 Å². The van der Waals surface area contributed by atoms with Crippen LogP contribution >= 0.6 is 27.5 Å². The van der Waals surface area contributed by atoms with Crippen LogP contribution in [0.3, 0.4) is 0 Å². The van der Waals surface area contributed by atoms with Gasteiger partial charge in [0.1, 0.15) is 11.5 Å². The molecule has 0 atom stereocenters. The highest BCUT2D eigenvalue weighted by atomic mass is 79.9. The van der Waals surface area contributed by atoms with E-state index < -0.39 is 0 Å². The third kappa shape index (κ3) is 5.34. The average molecular weight is 369 g/mol. The number of rotatable bonds is 6. The van der Waals surface area contributed by atoms with Gasteiger partial charge in [0.25, 0.3) is 0 Å². The highest BCUT2D eigenvalue weighted by Gasteiger charge is 2.04. The molecule has 4 heteroatoms. The fraction of sp³-hybridized carbons (Fsp3) is 0.294. The molecule has 0 saturated carbocycles. The summed E-state index contributed by atoms with van der Waals surface area (Å²) < 4.78 is 6.85. The predicted octanol–water partition coefficient (Wildman–Crippen LogP) is 5.64. The van der Waals surface area contributed by atoms with E-state index in [1.165, 1.54) is 5.56 Å². The van der Waals surface area contributed by atoms with Gasteiger partial charge in [-0.3, -0.25) is 0 Å². The van der Waals surface area contributed by atoms with Gasteiger partial charge in [0, 0.05) is 16.0 Å². The molecule has 112 valence electrons. The van der Waals surface area contributed by atoms with Crippen molar-refractivity contribution in [1.29, 1.82) is 0 Å². The molecule has 0 aliphatic carbocycles. The third-order valence-electron chi connectivity index (χ3n) is 2.94. The first-order valence-electron chi connectivity index (χ1n) is 6.97. The molecular formula is C17H19BrClNO. The molecule has 2 nitrogen and oxygen atoms in total. The molecule has 21 heavy (non-hydrogen) atoms. The van der Waals surface area contributed by atoms with Crippen molar-refractivity contribution in [1.82, 2.24) is 5.32 Å². The molecule has 0 saturated heterocycles. The van der Waals surface area contributed by atoms with Crippen LogP contribution in [0.2, 0.25) is 5.02 Å². The van der Waals surface area contributed by atoms with Gasteiger partial charge in [0.2, 0.25) is 0 Å². The van der Waals surface area contributed by atoms with Gasteiger partial charge in [-0.15, -0.1) is 0 Å². The summed E-state index contributed by atoms with van der Waals surface area (Å²) in [6, 6.07) is 13.4. The van der Waals surface area contributed by atoms with Crippen LogP contribution in [0.5, 0.6) is 11.5 Å². The highest BCUT2D eigenvalue weighted by Crippen LogP contribution is 2.27. The van der Waals surface area contributed by atoms with Crippen molar-refractivity contribution >= 4 is 27.5 Å². The quantitative estimate of drug-likeness (QED) is 0.712. The molecule has 2 rings (SSSR count). The number of ether oxygens (including phenoxy) is 1. The summed E-state index contributed by atoms with van der Waals surface area (Å²) in [6.45, 7) is 6.26. The van der Waals surface area contributed by atoms with Gasteiger partial charge in [0.05, 0.1) is 0 Å². The Hall–Kier alpha value is -1.03. The summed E-state index contributed by atoms with van der Waals surface area (Å²) in [5.41, 5.74) is 1.22. The van der Waals surface area contributed by atoms with E-state index in [2.05, 4.69) is 41.2 Å². The van der Waals surface area contributed by atoms with Crippen molar-refractivity contribution in [2.24, 2.45) is 5.92 Å². The Morgan fingerprint density at radius 2 is 1.76 bits per heavy atom. The van der Waals surface area contributed by atoms with Crippen molar-refractivity contribution in [3.05, 3.63) is 57.5 Å². The molecule has 0 radical (unpaired) electrons. The first-order chi connectivity index (χ1) is 10.0. The maximum atomic E-state index is 5.86. The molecule has 2 aromatic carbocycles. The molecular weight excluding hydrogens is 350 g/mol. The molecule has 0 spiro atoms. The minimum absolute atomic E-state index is 0.649. The van der Waals surface area contributed by atoms with Crippen LogP contribution in [0.1, 0.15) is 19.4 Å². The van der Waals surface area contributed by atoms with Crippen molar-refractivity contribution in [2.75, 3.05) is 6.54 Å². The van der Waals surface area contributed by atoms with Crippen LogP contribution in [0, 0.1) is 5.92 Å². The van der Waals surface area contributed by atoms with Gasteiger partial charge in [-0.05, 0) is 54.4 Å². The lowest BCUT2D eigenvalue weighted by Crippen LogP contribution is -2.19. The van der Waals surface area contributed by atoms with E-state index in [4.69, 9.17) is 16.3 Å². The third-order valence-corrected chi connectivity index (χ3v) is 3.93. The monoisotopic (exact) mass is 367 g/mol. The summed E-state index contributed by atoms with van der Waals surface area (Å²) in [4.78, 5) is 0. The topological polar surface area (TPSA) is 21.3 Å². The van der Waals surface area contributed by atoms with Crippen molar-refractivity contribution in [3.63, 3.8) is 0 Å². The maximum absolute atomic E-state index is 5.86. The van der Waals surface area contributed by atoms with Crippen LogP contribution in [-0.4, -0.2) is 6.54 Å². The minimum Gasteiger partial charge on any atom is -0.457 e. The second-order valence-corrected chi connectivity index (χ2v) is 6.62. The Labute approximate surface area is 139 Å². The first kappa shape index (κ1) is 16.3. The molecule has 0 aliphatic heterocycles. The lowest BCUT2D eigenvalue weighted by molar-refractivity contribution is 0.481. The van der Waals surface area contributed by atoms with E-state index >= 15 is 0 Å². The second-order valence-electron chi connectivity index (χ2n) is 5.33. The minimum atomic E-state index is 0.649. The fourth-order valence-electron chi connectivity index (χ4n) is 1.87. The van der Waals surface area contributed by atoms with Crippen LogP contribution in [0.25, 0.3) is 0 Å². The highest BCUT2D eigenvalue weighted by molar-refractivity contribution is 9.10. The molecule has 0 bridgehead atoms. The summed E-state index contributed by atoms with van der Waals surface area (Å²) >= 11 is 9.46. The lowest BCUT2D eigenvalue weighted by atomic mass is 10.2.